The number of hydrogen-bond acceptors (Lipinski definition) is 4. The van der Waals surface area contributed by atoms with Crippen LogP contribution in [0.4, 0.5) is 0 Å². The molecule has 1 fully saturated rings. The average molecular weight is 321 g/mol. The Morgan fingerprint density at radius 2 is 1.91 bits per heavy atom. The van der Waals surface area contributed by atoms with Gasteiger partial charge in [0.2, 0.25) is 0 Å². The predicted molar refractivity (Wildman–Crippen MR) is 93.1 cm³/mol. The van der Waals surface area contributed by atoms with Crippen LogP contribution >= 0.6 is 0 Å². The van der Waals surface area contributed by atoms with Crippen molar-refractivity contribution in [2.75, 3.05) is 26.2 Å². The van der Waals surface area contributed by atoms with E-state index in [2.05, 4.69) is 38.7 Å². The van der Waals surface area contributed by atoms with Crippen molar-refractivity contribution in [3.63, 3.8) is 0 Å². The molecular weight excluding hydrogens is 290 g/mol. The monoisotopic (exact) mass is 321 g/mol. The highest BCUT2D eigenvalue weighted by Crippen LogP contribution is 2.28. The van der Waals surface area contributed by atoms with Crippen LogP contribution in [0.1, 0.15) is 45.6 Å². The second kappa shape index (κ2) is 8.67. The third-order valence-corrected chi connectivity index (χ3v) is 4.46. The van der Waals surface area contributed by atoms with Crippen molar-refractivity contribution in [1.82, 2.24) is 4.90 Å². The smallest absolute Gasteiger partial charge is 0.122 e. The fraction of sp³-hybridized carbons (Fsp3) is 0.684. The summed E-state index contributed by atoms with van der Waals surface area (Å²) in [6.07, 6.45) is 1.03. The van der Waals surface area contributed by atoms with Crippen molar-refractivity contribution in [1.29, 1.82) is 0 Å². The Kier molecular flexibility index (Phi) is 6.88. The third-order valence-electron chi connectivity index (χ3n) is 4.46. The van der Waals surface area contributed by atoms with Gasteiger partial charge in [0.05, 0.1) is 12.2 Å². The maximum Gasteiger partial charge on any atom is 0.122 e. The normalized spacial score (nSPS) is 25.1. The average Bonchev–Trinajstić information content (AvgIpc) is 2.51. The fourth-order valence-corrected chi connectivity index (χ4v) is 3.21. The summed E-state index contributed by atoms with van der Waals surface area (Å²) in [7, 11) is 0. The van der Waals surface area contributed by atoms with Gasteiger partial charge in [-0.2, -0.15) is 0 Å². The van der Waals surface area contributed by atoms with Crippen LogP contribution < -0.4 is 4.74 Å². The lowest BCUT2D eigenvalue weighted by Gasteiger charge is -2.36. The van der Waals surface area contributed by atoms with Gasteiger partial charge in [-0.15, -0.1) is 0 Å². The zero-order chi connectivity index (χ0) is 16.8. The summed E-state index contributed by atoms with van der Waals surface area (Å²) < 4.78 is 11.6. The maximum atomic E-state index is 10.3. The Morgan fingerprint density at radius 3 is 2.57 bits per heavy atom. The van der Waals surface area contributed by atoms with E-state index in [1.807, 2.05) is 18.2 Å². The van der Waals surface area contributed by atoms with E-state index in [1.54, 1.807) is 0 Å². The van der Waals surface area contributed by atoms with Gasteiger partial charge in [-0.05, 0) is 37.8 Å². The minimum absolute atomic E-state index is 0.220. The van der Waals surface area contributed by atoms with Crippen molar-refractivity contribution in [2.45, 2.75) is 58.3 Å². The zero-order valence-corrected chi connectivity index (χ0v) is 14.9. The number of benzene rings is 1. The molecule has 0 radical (unpaired) electrons. The van der Waals surface area contributed by atoms with Crippen LogP contribution in [-0.2, 0) is 4.74 Å². The van der Waals surface area contributed by atoms with Crippen molar-refractivity contribution in [3.05, 3.63) is 29.8 Å². The molecule has 1 heterocycles. The highest BCUT2D eigenvalue weighted by atomic mass is 16.5. The van der Waals surface area contributed by atoms with Crippen molar-refractivity contribution < 1.29 is 14.6 Å². The zero-order valence-electron chi connectivity index (χ0n) is 14.9. The summed E-state index contributed by atoms with van der Waals surface area (Å²) in [6, 6.07) is 8.13. The van der Waals surface area contributed by atoms with E-state index >= 15 is 0 Å². The van der Waals surface area contributed by atoms with E-state index in [9.17, 15) is 5.11 Å². The number of ether oxygens (including phenoxy) is 2. The first-order valence-electron chi connectivity index (χ1n) is 8.77. The van der Waals surface area contributed by atoms with E-state index < -0.39 is 6.10 Å². The van der Waals surface area contributed by atoms with Gasteiger partial charge in [-0.3, -0.25) is 4.90 Å². The van der Waals surface area contributed by atoms with Crippen LogP contribution in [0.5, 0.6) is 5.75 Å². The molecule has 0 unspecified atom stereocenters. The summed E-state index contributed by atoms with van der Waals surface area (Å²) in [4.78, 5) is 2.26. The maximum absolute atomic E-state index is 10.3. The van der Waals surface area contributed by atoms with Crippen LogP contribution in [0.25, 0.3) is 0 Å². The molecule has 2 rings (SSSR count). The highest BCUT2D eigenvalue weighted by molar-refractivity contribution is 5.35. The van der Waals surface area contributed by atoms with Crippen LogP contribution in [0.15, 0.2) is 24.3 Å². The van der Waals surface area contributed by atoms with Gasteiger partial charge in [0.25, 0.3) is 0 Å². The molecule has 4 heteroatoms. The number of para-hydroxylation sites is 1. The molecule has 23 heavy (non-hydrogen) atoms. The molecule has 130 valence electrons. The van der Waals surface area contributed by atoms with E-state index in [1.165, 1.54) is 5.56 Å². The van der Waals surface area contributed by atoms with E-state index in [4.69, 9.17) is 9.47 Å². The van der Waals surface area contributed by atoms with Gasteiger partial charge in [-0.25, -0.2) is 0 Å². The summed E-state index contributed by atoms with van der Waals surface area (Å²) in [5.74, 6) is 1.36. The third kappa shape index (κ3) is 5.48. The van der Waals surface area contributed by atoms with Crippen LogP contribution in [-0.4, -0.2) is 54.6 Å². The molecule has 1 aromatic carbocycles. The van der Waals surface area contributed by atoms with Crippen LogP contribution in [0.2, 0.25) is 0 Å². The standard InChI is InChI=1S/C19H31NO3/c1-5-14(2)18-8-6-7-9-19(18)22-13-17(21)12-20-10-15(3)23-16(4)11-20/h6-9,14-17,21H,5,10-13H2,1-4H3/t14-,15-,16+,17-/m0/s1. The van der Waals surface area contributed by atoms with E-state index in [0.29, 0.717) is 19.1 Å². The lowest BCUT2D eigenvalue weighted by atomic mass is 9.98. The van der Waals surface area contributed by atoms with Crippen molar-refractivity contribution in [3.8, 4) is 5.75 Å². The second-order valence-electron chi connectivity index (χ2n) is 6.79. The fourth-order valence-electron chi connectivity index (χ4n) is 3.21. The predicted octanol–water partition coefficient (Wildman–Crippen LogP) is 3.05. The molecule has 4 nitrogen and oxygen atoms in total. The Labute approximate surface area is 140 Å². The molecule has 0 aliphatic carbocycles. The Hall–Kier alpha value is -1.10. The number of β-amino-alcohol motifs (C(OH)–C–C–N with tert-alkyl or cyclic N) is 1. The quantitative estimate of drug-likeness (QED) is 0.838. The van der Waals surface area contributed by atoms with Gasteiger partial charge in [0.1, 0.15) is 18.5 Å². The van der Waals surface area contributed by atoms with Gasteiger partial charge in [0, 0.05) is 19.6 Å². The molecule has 1 aliphatic rings. The molecule has 1 aromatic rings. The van der Waals surface area contributed by atoms with E-state index in [0.717, 1.165) is 25.3 Å². The largest absolute Gasteiger partial charge is 0.491 e. The number of aliphatic hydroxyl groups excluding tert-OH is 1. The SMILES string of the molecule is CC[C@H](C)c1ccccc1OC[C@@H](O)CN1C[C@@H](C)O[C@@H](C)C1. The van der Waals surface area contributed by atoms with E-state index in [-0.39, 0.29) is 12.2 Å². The molecule has 1 saturated heterocycles. The molecule has 0 spiro atoms. The Morgan fingerprint density at radius 1 is 1.26 bits per heavy atom. The van der Waals surface area contributed by atoms with Crippen LogP contribution in [0, 0.1) is 0 Å². The Balaban J connectivity index is 1.86. The molecular formula is C19H31NO3. The summed E-state index contributed by atoms with van der Waals surface area (Å²) in [6.45, 7) is 11.2. The van der Waals surface area contributed by atoms with Crippen LogP contribution in [0.3, 0.4) is 0 Å². The molecule has 0 aromatic heterocycles. The minimum Gasteiger partial charge on any atom is -0.491 e. The number of aliphatic hydroxyl groups is 1. The van der Waals surface area contributed by atoms with Gasteiger partial charge in [0.15, 0.2) is 0 Å². The molecule has 0 bridgehead atoms. The highest BCUT2D eigenvalue weighted by Gasteiger charge is 2.24. The van der Waals surface area contributed by atoms with Crippen molar-refractivity contribution in [2.24, 2.45) is 0 Å². The molecule has 1 N–H and O–H groups in total. The lowest BCUT2D eigenvalue weighted by molar-refractivity contribution is -0.0787. The van der Waals surface area contributed by atoms with Crippen molar-refractivity contribution >= 4 is 0 Å². The lowest BCUT2D eigenvalue weighted by Crippen LogP contribution is -2.48. The topological polar surface area (TPSA) is 41.9 Å². The summed E-state index contributed by atoms with van der Waals surface area (Å²) >= 11 is 0. The Bertz CT molecular complexity index is 469. The molecule has 0 amide bonds. The second-order valence-corrected chi connectivity index (χ2v) is 6.79. The molecule has 0 saturated carbocycles. The minimum atomic E-state index is -0.488. The van der Waals surface area contributed by atoms with Gasteiger partial charge < -0.3 is 14.6 Å². The first-order valence-corrected chi connectivity index (χ1v) is 8.77. The first kappa shape index (κ1) is 18.2. The first-order chi connectivity index (χ1) is 11.0. The summed E-state index contributed by atoms with van der Waals surface area (Å²) in [5.41, 5.74) is 1.22. The van der Waals surface area contributed by atoms with Gasteiger partial charge in [-0.1, -0.05) is 32.0 Å². The summed E-state index contributed by atoms with van der Waals surface area (Å²) in [5, 5.41) is 10.3. The number of morpholine rings is 1. The van der Waals surface area contributed by atoms with Gasteiger partial charge >= 0.3 is 0 Å². The molecule has 4 atom stereocenters. The number of rotatable bonds is 7. The number of hydrogen-bond donors (Lipinski definition) is 1. The molecule has 1 aliphatic heterocycles. The number of nitrogens with zero attached hydrogens (tertiary/aromatic N) is 1.